The molecule has 7 rings (SSSR count). The van der Waals surface area contributed by atoms with Crippen molar-refractivity contribution < 1.29 is 38.6 Å². The Labute approximate surface area is 415 Å². The molecule has 70 heavy (non-hydrogen) atoms. The summed E-state index contributed by atoms with van der Waals surface area (Å²) in [4.78, 5) is 69.5. The van der Waals surface area contributed by atoms with Crippen LogP contribution in [-0.4, -0.2) is 79.2 Å². The maximum Gasteiger partial charge on any atom is 0.407 e. The number of hydrogen-bond acceptors (Lipinski definition) is 9. The number of fused-ring (bicyclic) bond motifs is 2. The van der Waals surface area contributed by atoms with Crippen LogP contribution in [0.1, 0.15) is 189 Å². The first-order chi connectivity index (χ1) is 33.2. The van der Waals surface area contributed by atoms with Crippen LogP contribution in [0.4, 0.5) is 26.7 Å². The highest BCUT2D eigenvalue weighted by Gasteiger charge is 2.47. The smallest absolute Gasteiger partial charge is 0.407 e. The number of amides is 4. The van der Waals surface area contributed by atoms with Crippen molar-refractivity contribution in [3.63, 3.8) is 0 Å². The molecule has 0 aromatic heterocycles. The van der Waals surface area contributed by atoms with E-state index >= 15 is 0 Å². The number of carbonyl (C=O) groups excluding carboxylic acids is 5. The van der Waals surface area contributed by atoms with Gasteiger partial charge in [0.25, 0.3) is 0 Å². The van der Waals surface area contributed by atoms with Crippen molar-refractivity contribution in [1.29, 1.82) is 0 Å². The second-order valence-corrected chi connectivity index (χ2v) is 22.3. The lowest BCUT2D eigenvalue weighted by Crippen LogP contribution is -2.42. The summed E-state index contributed by atoms with van der Waals surface area (Å²) in [6, 6.07) is 8.42. The molecule has 0 bridgehead atoms. The number of ketones is 1. The topological polar surface area (TPSA) is 181 Å². The highest BCUT2D eigenvalue weighted by Crippen LogP contribution is 2.50. The van der Waals surface area contributed by atoms with Crippen LogP contribution in [0, 0.1) is 0 Å². The van der Waals surface area contributed by atoms with E-state index in [1.165, 1.54) is 12.8 Å². The first-order valence-corrected chi connectivity index (χ1v) is 26.5. The highest BCUT2D eigenvalue weighted by molar-refractivity contribution is 6.52. The lowest BCUT2D eigenvalue weighted by Gasteiger charge is -2.34. The van der Waals surface area contributed by atoms with Crippen LogP contribution in [0.15, 0.2) is 30.0 Å². The molecule has 3 aliphatic carbocycles. The van der Waals surface area contributed by atoms with Crippen LogP contribution >= 0.6 is 0 Å². The standard InChI is InChI=1S/C56H80N6O8/c1-33(2)61-35(5)55(7,8)41-29-39(43(31-45(41)61)59-47(63)25-17-19-27-69-53(67)57-37-21-13-11-14-22-37)49-51(65)50(52(49)66)40-30-42-46(62(34(3)4)36(6)56(42,9)10)32-44(40)60-48(64)26-18-20-28-70-54(68)58-38-23-15-12-16-24-38/h29-38H,11-28H2,1-10H3,(H4,57,58,59,60,63,64,65,66,67,68). The average molecular weight is 965 g/mol. The monoisotopic (exact) mass is 965 g/mol. The normalized spacial score (nSPS) is 21.6. The quantitative estimate of drug-likeness (QED) is 0.0903. The number of ether oxygens (including phenoxy) is 2. The second-order valence-electron chi connectivity index (χ2n) is 22.3. The maximum atomic E-state index is 14.9. The van der Waals surface area contributed by atoms with Gasteiger partial charge in [0, 0.05) is 81.7 Å². The van der Waals surface area contributed by atoms with Gasteiger partial charge in [-0.15, -0.1) is 0 Å². The van der Waals surface area contributed by atoms with E-state index in [9.17, 15) is 29.1 Å². The molecule has 0 saturated heterocycles. The number of alkyl carbamates (subject to hydrolysis) is 2. The van der Waals surface area contributed by atoms with Crippen molar-refractivity contribution in [3.05, 3.63) is 57.3 Å². The van der Waals surface area contributed by atoms with E-state index in [2.05, 4.69) is 100.0 Å². The minimum Gasteiger partial charge on any atom is -0.871 e. The van der Waals surface area contributed by atoms with E-state index in [4.69, 9.17) is 9.47 Å². The molecule has 2 heterocycles. The van der Waals surface area contributed by atoms with Gasteiger partial charge in [-0.05, 0) is 131 Å². The molecule has 2 unspecified atom stereocenters. The van der Waals surface area contributed by atoms with E-state index in [1.807, 2.05) is 24.3 Å². The number of benzene rings is 2. The molecule has 2 atom stereocenters. The van der Waals surface area contributed by atoms with Gasteiger partial charge >= 0.3 is 12.2 Å². The third-order valence-electron chi connectivity index (χ3n) is 16.2. The predicted molar refractivity (Wildman–Crippen MR) is 274 cm³/mol. The number of rotatable bonds is 17. The Balaban J connectivity index is 1.16. The van der Waals surface area contributed by atoms with Crippen LogP contribution in [0.2, 0.25) is 0 Å². The van der Waals surface area contributed by atoms with E-state index in [0.29, 0.717) is 47.8 Å². The third kappa shape index (κ3) is 11.1. The molecule has 2 aromatic rings. The van der Waals surface area contributed by atoms with Gasteiger partial charge in [-0.3, -0.25) is 14.4 Å². The highest BCUT2D eigenvalue weighted by atomic mass is 16.6. The maximum absolute atomic E-state index is 14.9. The summed E-state index contributed by atoms with van der Waals surface area (Å²) >= 11 is 0. The summed E-state index contributed by atoms with van der Waals surface area (Å²) < 4.78 is 13.2. The zero-order valence-electron chi connectivity index (χ0n) is 43.7. The largest absolute Gasteiger partial charge is 0.871 e. The summed E-state index contributed by atoms with van der Waals surface area (Å²) in [6.07, 6.45) is 12.0. The zero-order valence-corrected chi connectivity index (χ0v) is 43.7. The van der Waals surface area contributed by atoms with Crippen molar-refractivity contribution in [2.75, 3.05) is 28.7 Å². The molecule has 4 N–H and O–H groups in total. The number of carbonyl (C=O) groups is 5. The van der Waals surface area contributed by atoms with Gasteiger partial charge in [0.05, 0.1) is 30.0 Å². The molecule has 382 valence electrons. The zero-order chi connectivity index (χ0) is 50.7. The summed E-state index contributed by atoms with van der Waals surface area (Å²) in [7, 11) is 0. The Kier molecular flexibility index (Phi) is 16.4. The lowest BCUT2D eigenvalue weighted by atomic mass is 9.76. The van der Waals surface area contributed by atoms with Crippen molar-refractivity contribution in [2.45, 2.75) is 219 Å². The lowest BCUT2D eigenvalue weighted by molar-refractivity contribution is -0.292. The number of allylic oxidation sites excluding steroid dienone is 2. The molecule has 4 amide bonds. The molecule has 2 aliphatic heterocycles. The van der Waals surface area contributed by atoms with Gasteiger partial charge in [0.15, 0.2) is 11.8 Å². The van der Waals surface area contributed by atoms with Crippen LogP contribution in [0.3, 0.4) is 0 Å². The Morgan fingerprint density at radius 1 is 0.700 bits per heavy atom. The molecular weight excluding hydrogens is 885 g/mol. The molecule has 14 nitrogen and oxygen atoms in total. The number of Topliss-reactive ketones (excluding diaryl/α,β-unsaturated/α-hetero) is 1. The summed E-state index contributed by atoms with van der Waals surface area (Å²) in [6.45, 7) is 21.9. The molecule has 14 heteroatoms. The fraction of sp³-hybridized carbons (Fsp3) is 0.643. The van der Waals surface area contributed by atoms with Gasteiger partial charge in [-0.25, -0.2) is 14.2 Å². The number of nitrogens with zero attached hydrogens (tertiary/aromatic N) is 2. The van der Waals surface area contributed by atoms with Gasteiger partial charge in [0.1, 0.15) is 6.04 Å². The van der Waals surface area contributed by atoms with Gasteiger partial charge in [-0.1, -0.05) is 58.1 Å². The fourth-order valence-electron chi connectivity index (χ4n) is 11.6. The number of unbranched alkanes of at least 4 members (excludes halogenated alkanes) is 2. The Morgan fingerprint density at radius 3 is 1.73 bits per heavy atom. The van der Waals surface area contributed by atoms with Crippen molar-refractivity contribution >= 4 is 58.0 Å². The molecule has 5 aliphatic rings. The van der Waals surface area contributed by atoms with Crippen LogP contribution in [0.5, 0.6) is 0 Å². The SMILES string of the molecule is CC(C)N1c2cc(NC(=O)CCCCOC(=O)NC3CCCCC3)c(C3=C([O-])/C(=c4/cc5c(cc4NC(=O)CCCCOC(=O)NC4CCCCC4)=[N+](C(C)C)C(C)C5(C)C)C3=O)cc2C(C)(C)C1C. The first kappa shape index (κ1) is 52.4. The van der Waals surface area contributed by atoms with E-state index < -0.39 is 23.7 Å². The molecular formula is C56H80N6O8. The van der Waals surface area contributed by atoms with Gasteiger partial charge < -0.3 is 40.7 Å². The van der Waals surface area contributed by atoms with Gasteiger partial charge in [0.2, 0.25) is 17.2 Å². The minimum absolute atomic E-state index is 0.00124. The number of nitrogens with one attached hydrogen (secondary N) is 4. The fourth-order valence-corrected chi connectivity index (χ4v) is 11.6. The molecule has 2 fully saturated rings. The van der Waals surface area contributed by atoms with E-state index in [0.717, 1.165) is 73.5 Å². The molecule has 2 saturated carbocycles. The summed E-state index contributed by atoms with van der Waals surface area (Å²) in [5.74, 6) is -1.45. The van der Waals surface area contributed by atoms with Crippen molar-refractivity contribution in [3.8, 4) is 0 Å². The summed E-state index contributed by atoms with van der Waals surface area (Å²) in [5.41, 5.74) is 3.36. The predicted octanol–water partition coefficient (Wildman–Crippen LogP) is 8.00. The van der Waals surface area contributed by atoms with Crippen molar-refractivity contribution in [2.24, 2.45) is 0 Å². The number of hydrogen-bond donors (Lipinski definition) is 4. The van der Waals surface area contributed by atoms with E-state index in [1.54, 1.807) is 0 Å². The van der Waals surface area contributed by atoms with Crippen LogP contribution in [0.25, 0.3) is 11.1 Å². The Morgan fingerprint density at radius 2 is 1.23 bits per heavy atom. The Hall–Kier alpha value is -5.40. The van der Waals surface area contributed by atoms with Gasteiger partial charge in [-0.2, -0.15) is 0 Å². The molecule has 2 aromatic carbocycles. The van der Waals surface area contributed by atoms with Crippen LogP contribution < -0.4 is 46.4 Å². The second kappa shape index (κ2) is 21.9. The third-order valence-corrected chi connectivity index (χ3v) is 16.2. The molecule has 0 spiro atoms. The average Bonchev–Trinajstić information content (AvgIpc) is 3.62. The Bertz CT molecular complexity index is 2500. The van der Waals surface area contributed by atoms with E-state index in [-0.39, 0.29) is 96.1 Å². The summed E-state index contributed by atoms with van der Waals surface area (Å²) in [5, 5.41) is 28.3. The molecule has 0 radical (unpaired) electrons. The minimum atomic E-state index is -0.447. The first-order valence-electron chi connectivity index (χ1n) is 26.5. The van der Waals surface area contributed by atoms with Crippen LogP contribution in [-0.2, 0) is 34.7 Å². The van der Waals surface area contributed by atoms with Crippen molar-refractivity contribution in [1.82, 2.24) is 15.2 Å². The number of anilines is 3.